The summed E-state index contributed by atoms with van der Waals surface area (Å²) in [5.41, 5.74) is 0. The summed E-state index contributed by atoms with van der Waals surface area (Å²) in [5, 5.41) is 3.30. The van der Waals surface area contributed by atoms with Crippen LogP contribution in [0.4, 0.5) is 0 Å². The number of nitrogens with zero attached hydrogens (tertiary/aromatic N) is 1. The Morgan fingerprint density at radius 1 is 1.53 bits per heavy atom. The maximum absolute atomic E-state index is 12.0. The molecule has 1 aromatic heterocycles. The number of hydrogen-bond acceptors (Lipinski definition) is 4. The van der Waals surface area contributed by atoms with Crippen molar-refractivity contribution in [3.05, 3.63) is 18.1 Å². The quantitative estimate of drug-likeness (QED) is 0.830. The van der Waals surface area contributed by atoms with E-state index >= 15 is 0 Å². The van der Waals surface area contributed by atoms with Gasteiger partial charge in [0, 0.05) is 24.5 Å². The number of carbonyl (C=O) groups excluding carboxylic acids is 1. The monoisotopic (exact) mass is 254 g/mol. The van der Waals surface area contributed by atoms with E-state index in [0.29, 0.717) is 5.75 Å². The number of hydrogen-bond donors (Lipinski definition) is 1. The molecule has 1 N–H and O–H groups in total. The first kappa shape index (κ1) is 12.5. The molecule has 0 unspecified atom stereocenters. The number of rotatable bonds is 3. The first-order chi connectivity index (χ1) is 8.27. The Hall–Kier alpha value is -0.940. The minimum absolute atomic E-state index is 0.222. The van der Waals surface area contributed by atoms with Crippen LogP contribution in [0.5, 0.6) is 0 Å². The zero-order valence-electron chi connectivity index (χ0n) is 10.1. The van der Waals surface area contributed by atoms with Crippen molar-refractivity contribution in [3.8, 4) is 0 Å². The summed E-state index contributed by atoms with van der Waals surface area (Å²) in [7, 11) is 0. The molecule has 0 aromatic carbocycles. The number of amides is 1. The van der Waals surface area contributed by atoms with Crippen molar-refractivity contribution in [2.24, 2.45) is 0 Å². The molecule has 0 saturated carbocycles. The lowest BCUT2D eigenvalue weighted by Crippen LogP contribution is -2.35. The van der Waals surface area contributed by atoms with Crippen molar-refractivity contribution < 1.29 is 9.21 Å². The fourth-order valence-electron chi connectivity index (χ4n) is 1.85. The molecule has 4 nitrogen and oxygen atoms in total. The van der Waals surface area contributed by atoms with Crippen LogP contribution in [-0.4, -0.2) is 42.7 Å². The summed E-state index contributed by atoms with van der Waals surface area (Å²) in [6.07, 6.45) is 2.71. The highest BCUT2D eigenvalue weighted by atomic mass is 32.2. The van der Waals surface area contributed by atoms with E-state index in [1.165, 1.54) is 0 Å². The van der Waals surface area contributed by atoms with Crippen molar-refractivity contribution in [1.29, 1.82) is 0 Å². The highest BCUT2D eigenvalue weighted by molar-refractivity contribution is 8.00. The Bertz CT molecular complexity index is 370. The van der Waals surface area contributed by atoms with Crippen LogP contribution in [0, 0.1) is 6.92 Å². The summed E-state index contributed by atoms with van der Waals surface area (Å²) in [6.45, 7) is 5.53. The molecule has 94 valence electrons. The molecule has 1 aliphatic rings. The average Bonchev–Trinajstić information content (AvgIpc) is 2.58. The fourth-order valence-corrected chi connectivity index (χ4v) is 2.71. The molecule has 0 radical (unpaired) electrons. The van der Waals surface area contributed by atoms with Crippen molar-refractivity contribution in [1.82, 2.24) is 10.2 Å². The second kappa shape index (κ2) is 6.12. The average molecular weight is 254 g/mol. The molecule has 0 spiro atoms. The SMILES string of the molecule is Cc1occc1SCC(=O)N1CCCNCC1. The van der Waals surface area contributed by atoms with Gasteiger partial charge in [-0.25, -0.2) is 0 Å². The van der Waals surface area contributed by atoms with Crippen LogP contribution in [0.15, 0.2) is 21.6 Å². The molecule has 1 fully saturated rings. The van der Waals surface area contributed by atoms with Crippen LogP contribution in [0.1, 0.15) is 12.2 Å². The van der Waals surface area contributed by atoms with Crippen LogP contribution in [-0.2, 0) is 4.79 Å². The smallest absolute Gasteiger partial charge is 0.232 e. The van der Waals surface area contributed by atoms with Gasteiger partial charge in [-0.3, -0.25) is 4.79 Å². The summed E-state index contributed by atoms with van der Waals surface area (Å²) < 4.78 is 5.21. The van der Waals surface area contributed by atoms with Gasteiger partial charge in [0.2, 0.25) is 5.91 Å². The van der Waals surface area contributed by atoms with Crippen LogP contribution < -0.4 is 5.32 Å². The van der Waals surface area contributed by atoms with E-state index in [4.69, 9.17) is 4.42 Å². The summed E-state index contributed by atoms with van der Waals surface area (Å²) >= 11 is 1.56. The van der Waals surface area contributed by atoms with Crippen LogP contribution in [0.2, 0.25) is 0 Å². The molecule has 2 heterocycles. The maximum Gasteiger partial charge on any atom is 0.232 e. The standard InChI is InChI=1S/C12H18N2O2S/c1-10-11(3-8-16-10)17-9-12(15)14-6-2-4-13-5-7-14/h3,8,13H,2,4-7,9H2,1H3. The van der Waals surface area contributed by atoms with Crippen LogP contribution in [0.3, 0.4) is 0 Å². The molecule has 2 rings (SSSR count). The van der Waals surface area contributed by atoms with Crippen molar-refractivity contribution in [2.75, 3.05) is 31.9 Å². The Morgan fingerprint density at radius 3 is 3.18 bits per heavy atom. The lowest BCUT2D eigenvalue weighted by atomic mass is 10.4. The van der Waals surface area contributed by atoms with Gasteiger partial charge in [0.25, 0.3) is 0 Å². The zero-order chi connectivity index (χ0) is 12.1. The number of carbonyl (C=O) groups is 1. The molecule has 1 amide bonds. The zero-order valence-corrected chi connectivity index (χ0v) is 10.9. The normalized spacial score (nSPS) is 16.9. The molecule has 1 saturated heterocycles. The molecular formula is C12H18N2O2S. The molecule has 17 heavy (non-hydrogen) atoms. The van der Waals surface area contributed by atoms with Gasteiger partial charge in [-0.2, -0.15) is 0 Å². The molecular weight excluding hydrogens is 236 g/mol. The summed E-state index contributed by atoms with van der Waals surface area (Å²) in [5.74, 6) is 1.61. The Balaban J connectivity index is 1.82. The third kappa shape index (κ3) is 3.51. The first-order valence-electron chi connectivity index (χ1n) is 5.93. The van der Waals surface area contributed by atoms with E-state index in [-0.39, 0.29) is 5.91 Å². The van der Waals surface area contributed by atoms with Gasteiger partial charge in [-0.05, 0) is 26.0 Å². The largest absolute Gasteiger partial charge is 0.468 e. The lowest BCUT2D eigenvalue weighted by Gasteiger charge is -2.19. The van der Waals surface area contributed by atoms with Crippen molar-refractivity contribution in [3.63, 3.8) is 0 Å². The van der Waals surface area contributed by atoms with Crippen molar-refractivity contribution >= 4 is 17.7 Å². The van der Waals surface area contributed by atoms with Crippen LogP contribution >= 0.6 is 11.8 Å². The van der Waals surface area contributed by atoms with Gasteiger partial charge in [0.1, 0.15) is 5.76 Å². The van der Waals surface area contributed by atoms with E-state index < -0.39 is 0 Å². The van der Waals surface area contributed by atoms with Gasteiger partial charge in [-0.15, -0.1) is 11.8 Å². The van der Waals surface area contributed by atoms with Gasteiger partial charge in [0.05, 0.1) is 12.0 Å². The number of nitrogens with one attached hydrogen (secondary N) is 1. The topological polar surface area (TPSA) is 45.5 Å². The molecule has 1 aromatic rings. The van der Waals surface area contributed by atoms with Crippen LogP contribution in [0.25, 0.3) is 0 Å². The number of thioether (sulfide) groups is 1. The number of aryl methyl sites for hydroxylation is 1. The molecule has 0 atom stereocenters. The highest BCUT2D eigenvalue weighted by Crippen LogP contribution is 2.23. The third-order valence-electron chi connectivity index (χ3n) is 2.86. The molecule has 0 bridgehead atoms. The number of furan rings is 1. The Kier molecular flexibility index (Phi) is 4.50. The van der Waals surface area contributed by atoms with E-state index in [1.54, 1.807) is 18.0 Å². The minimum atomic E-state index is 0.222. The Morgan fingerprint density at radius 2 is 2.41 bits per heavy atom. The lowest BCUT2D eigenvalue weighted by molar-refractivity contribution is -0.128. The van der Waals surface area contributed by atoms with E-state index in [1.807, 2.05) is 17.9 Å². The van der Waals surface area contributed by atoms with Gasteiger partial charge in [0.15, 0.2) is 0 Å². The second-order valence-corrected chi connectivity index (χ2v) is 5.13. The second-order valence-electron chi connectivity index (χ2n) is 4.11. The first-order valence-corrected chi connectivity index (χ1v) is 6.91. The minimum Gasteiger partial charge on any atom is -0.468 e. The highest BCUT2D eigenvalue weighted by Gasteiger charge is 2.15. The van der Waals surface area contributed by atoms with E-state index in [2.05, 4.69) is 5.32 Å². The molecule has 1 aliphatic heterocycles. The van der Waals surface area contributed by atoms with Gasteiger partial charge in [-0.1, -0.05) is 0 Å². The molecule has 5 heteroatoms. The fraction of sp³-hybridized carbons (Fsp3) is 0.583. The van der Waals surface area contributed by atoms with E-state index in [9.17, 15) is 4.79 Å². The van der Waals surface area contributed by atoms with E-state index in [0.717, 1.165) is 43.3 Å². The summed E-state index contributed by atoms with van der Waals surface area (Å²) in [4.78, 5) is 15.0. The predicted octanol–water partition coefficient (Wildman–Crippen LogP) is 1.50. The maximum atomic E-state index is 12.0. The predicted molar refractivity (Wildman–Crippen MR) is 68.2 cm³/mol. The third-order valence-corrected chi connectivity index (χ3v) is 3.98. The van der Waals surface area contributed by atoms with Gasteiger partial charge < -0.3 is 14.6 Å². The molecule has 0 aliphatic carbocycles. The van der Waals surface area contributed by atoms with Crippen molar-refractivity contribution in [2.45, 2.75) is 18.2 Å². The Labute approximate surface area is 106 Å². The van der Waals surface area contributed by atoms with Gasteiger partial charge >= 0.3 is 0 Å². The summed E-state index contributed by atoms with van der Waals surface area (Å²) in [6, 6.07) is 1.91.